The first kappa shape index (κ1) is 13.8. The van der Waals surface area contributed by atoms with Crippen LogP contribution in [0.2, 0.25) is 0 Å². The van der Waals surface area contributed by atoms with E-state index in [-0.39, 0.29) is 10.7 Å². The van der Waals surface area contributed by atoms with Gasteiger partial charge in [-0.15, -0.1) is 0 Å². The van der Waals surface area contributed by atoms with Gasteiger partial charge in [0.1, 0.15) is 5.78 Å². The molecule has 0 saturated carbocycles. The molecule has 15 heavy (non-hydrogen) atoms. The lowest BCUT2D eigenvalue weighted by atomic mass is 10.2. The van der Waals surface area contributed by atoms with E-state index in [0.717, 1.165) is 5.56 Å². The Bertz CT molecular complexity index is 416. The van der Waals surface area contributed by atoms with Crippen molar-refractivity contribution in [1.82, 2.24) is 0 Å². The van der Waals surface area contributed by atoms with Gasteiger partial charge < -0.3 is 4.79 Å². The van der Waals surface area contributed by atoms with Crippen LogP contribution in [-0.2, 0) is 14.8 Å². The van der Waals surface area contributed by atoms with Gasteiger partial charge in [0, 0.05) is 0 Å². The van der Waals surface area contributed by atoms with Gasteiger partial charge in [-0.3, -0.25) is 0 Å². The molecular formula is C10H15NO3S. The Balaban J connectivity index is 0.000000423. The molecule has 0 fully saturated rings. The Hall–Kier alpha value is -1.20. The summed E-state index contributed by atoms with van der Waals surface area (Å²) in [5.74, 6) is 0.167. The van der Waals surface area contributed by atoms with Gasteiger partial charge in [-0.05, 0) is 32.9 Å². The Morgan fingerprint density at radius 2 is 1.47 bits per heavy atom. The SMILES string of the molecule is CC(C)=O.Cc1ccc(S(N)(=O)=O)cc1. The second-order valence-corrected chi connectivity index (χ2v) is 4.83. The van der Waals surface area contributed by atoms with Gasteiger partial charge in [0.2, 0.25) is 10.0 Å². The van der Waals surface area contributed by atoms with Gasteiger partial charge in [0.15, 0.2) is 0 Å². The molecule has 1 rings (SSSR count). The van der Waals surface area contributed by atoms with Crippen LogP contribution in [0.3, 0.4) is 0 Å². The van der Waals surface area contributed by atoms with Crippen molar-refractivity contribution in [3.63, 3.8) is 0 Å². The molecule has 0 heterocycles. The first-order valence-electron chi connectivity index (χ1n) is 4.30. The second kappa shape index (κ2) is 5.63. The molecule has 0 aliphatic carbocycles. The van der Waals surface area contributed by atoms with Crippen molar-refractivity contribution >= 4 is 15.8 Å². The molecule has 1 aromatic rings. The molecule has 0 saturated heterocycles. The molecule has 0 radical (unpaired) electrons. The van der Waals surface area contributed by atoms with Crippen LogP contribution in [0.5, 0.6) is 0 Å². The van der Waals surface area contributed by atoms with Crippen LogP contribution < -0.4 is 5.14 Å². The first-order valence-corrected chi connectivity index (χ1v) is 5.84. The summed E-state index contributed by atoms with van der Waals surface area (Å²) in [7, 11) is -3.52. The minimum absolute atomic E-state index is 0.156. The number of primary sulfonamides is 1. The minimum Gasteiger partial charge on any atom is -0.300 e. The van der Waals surface area contributed by atoms with Crippen LogP contribution in [-0.4, -0.2) is 14.2 Å². The lowest BCUT2D eigenvalue weighted by Crippen LogP contribution is -2.11. The molecule has 0 amide bonds. The fourth-order valence-corrected chi connectivity index (χ4v) is 1.24. The summed E-state index contributed by atoms with van der Waals surface area (Å²) in [5.41, 5.74) is 1.01. The summed E-state index contributed by atoms with van der Waals surface area (Å²) in [6.07, 6.45) is 0. The first-order chi connectivity index (χ1) is 6.73. The number of carbonyl (C=O) groups excluding carboxylic acids is 1. The van der Waals surface area contributed by atoms with Crippen LogP contribution in [0.15, 0.2) is 29.2 Å². The van der Waals surface area contributed by atoms with Crippen LogP contribution in [0.1, 0.15) is 19.4 Å². The van der Waals surface area contributed by atoms with E-state index in [1.165, 1.54) is 26.0 Å². The Morgan fingerprint density at radius 1 is 1.13 bits per heavy atom. The largest absolute Gasteiger partial charge is 0.300 e. The standard InChI is InChI=1S/C7H9NO2S.C3H6O/c1-6-2-4-7(5-3-6)11(8,9)10;1-3(2)4/h2-5H,1H3,(H2,8,9,10);1-2H3. The number of hydrogen-bond acceptors (Lipinski definition) is 3. The number of sulfonamides is 1. The van der Waals surface area contributed by atoms with E-state index in [1.54, 1.807) is 12.1 Å². The number of rotatable bonds is 1. The van der Waals surface area contributed by atoms with Gasteiger partial charge >= 0.3 is 0 Å². The average molecular weight is 229 g/mol. The summed E-state index contributed by atoms with van der Waals surface area (Å²) < 4.78 is 21.4. The zero-order valence-electron chi connectivity index (χ0n) is 9.02. The summed E-state index contributed by atoms with van der Waals surface area (Å²) in [5, 5.41) is 4.88. The van der Waals surface area contributed by atoms with Crippen molar-refractivity contribution in [1.29, 1.82) is 0 Å². The molecule has 0 spiro atoms. The van der Waals surface area contributed by atoms with Crippen LogP contribution in [0.4, 0.5) is 0 Å². The summed E-state index contributed by atoms with van der Waals surface area (Å²) in [6.45, 7) is 4.94. The molecule has 0 aliphatic heterocycles. The molecular weight excluding hydrogens is 214 g/mol. The van der Waals surface area contributed by atoms with E-state index in [2.05, 4.69) is 0 Å². The highest BCUT2D eigenvalue weighted by Gasteiger charge is 2.04. The maximum atomic E-state index is 10.7. The van der Waals surface area contributed by atoms with Crippen molar-refractivity contribution in [2.75, 3.05) is 0 Å². The number of benzene rings is 1. The fraction of sp³-hybridized carbons (Fsp3) is 0.300. The lowest BCUT2D eigenvalue weighted by molar-refractivity contribution is -0.114. The van der Waals surface area contributed by atoms with Gasteiger partial charge in [0.25, 0.3) is 0 Å². The number of aryl methyl sites for hydroxylation is 1. The van der Waals surface area contributed by atoms with Crippen molar-refractivity contribution < 1.29 is 13.2 Å². The highest BCUT2D eigenvalue weighted by molar-refractivity contribution is 7.89. The van der Waals surface area contributed by atoms with E-state index in [4.69, 9.17) is 5.14 Å². The topological polar surface area (TPSA) is 77.2 Å². The Kier molecular flexibility index (Phi) is 5.18. The Labute approximate surface area is 90.2 Å². The van der Waals surface area contributed by atoms with E-state index in [1.807, 2.05) is 6.92 Å². The van der Waals surface area contributed by atoms with Gasteiger partial charge in [-0.1, -0.05) is 17.7 Å². The van der Waals surface area contributed by atoms with Crippen molar-refractivity contribution in [3.05, 3.63) is 29.8 Å². The third-order valence-electron chi connectivity index (χ3n) is 1.35. The van der Waals surface area contributed by atoms with E-state index >= 15 is 0 Å². The monoisotopic (exact) mass is 229 g/mol. The van der Waals surface area contributed by atoms with Crippen LogP contribution in [0, 0.1) is 6.92 Å². The normalized spacial score (nSPS) is 10.1. The van der Waals surface area contributed by atoms with Gasteiger partial charge in [-0.2, -0.15) is 0 Å². The molecule has 1 aromatic carbocycles. The molecule has 0 bridgehead atoms. The van der Waals surface area contributed by atoms with E-state index in [9.17, 15) is 13.2 Å². The van der Waals surface area contributed by atoms with Gasteiger partial charge in [0.05, 0.1) is 4.90 Å². The fourth-order valence-electron chi connectivity index (χ4n) is 0.728. The second-order valence-electron chi connectivity index (χ2n) is 3.27. The number of hydrogen-bond donors (Lipinski definition) is 1. The number of Topliss-reactive ketones (excluding diaryl/α,β-unsaturated/α-hetero) is 1. The average Bonchev–Trinajstić information content (AvgIpc) is 2.01. The molecule has 0 atom stereocenters. The predicted octanol–water partition coefficient (Wildman–Crippen LogP) is 1.24. The van der Waals surface area contributed by atoms with E-state index < -0.39 is 10.0 Å². The third-order valence-corrected chi connectivity index (χ3v) is 2.28. The number of carbonyl (C=O) groups is 1. The maximum absolute atomic E-state index is 10.7. The van der Waals surface area contributed by atoms with Crippen molar-refractivity contribution in [3.8, 4) is 0 Å². The molecule has 0 unspecified atom stereocenters. The van der Waals surface area contributed by atoms with E-state index in [0.29, 0.717) is 0 Å². The lowest BCUT2D eigenvalue weighted by Gasteiger charge is -1.96. The quantitative estimate of drug-likeness (QED) is 0.787. The molecule has 0 aromatic heterocycles. The summed E-state index contributed by atoms with van der Waals surface area (Å²) in [4.78, 5) is 9.60. The van der Waals surface area contributed by atoms with Gasteiger partial charge in [-0.25, -0.2) is 13.6 Å². The molecule has 2 N–H and O–H groups in total. The smallest absolute Gasteiger partial charge is 0.238 e. The molecule has 0 aliphatic rings. The van der Waals surface area contributed by atoms with Crippen LogP contribution in [0.25, 0.3) is 0 Å². The molecule has 84 valence electrons. The zero-order valence-corrected chi connectivity index (χ0v) is 9.84. The summed E-state index contributed by atoms with van der Waals surface area (Å²) >= 11 is 0. The van der Waals surface area contributed by atoms with Crippen molar-refractivity contribution in [2.24, 2.45) is 5.14 Å². The minimum atomic E-state index is -3.52. The maximum Gasteiger partial charge on any atom is 0.238 e. The highest BCUT2D eigenvalue weighted by Crippen LogP contribution is 2.06. The summed E-state index contributed by atoms with van der Waals surface area (Å²) in [6, 6.07) is 6.40. The predicted molar refractivity (Wildman–Crippen MR) is 58.9 cm³/mol. The zero-order chi connectivity index (χ0) is 12.1. The number of ketones is 1. The number of nitrogens with two attached hydrogens (primary N) is 1. The highest BCUT2D eigenvalue weighted by atomic mass is 32.2. The molecule has 5 heteroatoms. The third kappa shape index (κ3) is 6.82. The molecule has 4 nitrogen and oxygen atoms in total. The Morgan fingerprint density at radius 3 is 1.73 bits per heavy atom. The van der Waals surface area contributed by atoms with Crippen LogP contribution >= 0.6 is 0 Å². The van der Waals surface area contributed by atoms with Crippen molar-refractivity contribution in [2.45, 2.75) is 25.7 Å².